The fourth-order valence-electron chi connectivity index (χ4n) is 5.23. The number of hydrogen-bond donors (Lipinski definition) is 0. The molecule has 1 rings (SSSR count). The predicted molar refractivity (Wildman–Crippen MR) is 167 cm³/mol. The molecule has 2 nitrogen and oxygen atoms in total. The van der Waals surface area contributed by atoms with Crippen molar-refractivity contribution in [2.45, 2.75) is 167 Å². The quantitative estimate of drug-likeness (QED) is 0.0766. The van der Waals surface area contributed by atoms with Crippen molar-refractivity contribution in [2.24, 2.45) is 0 Å². The summed E-state index contributed by atoms with van der Waals surface area (Å²) in [6, 6.07) is 7.86. The monoisotopic (exact) mass is 526 g/mol. The molecule has 0 atom stereocenters. The third-order valence-corrected chi connectivity index (χ3v) is 7.80. The van der Waals surface area contributed by atoms with Crippen LogP contribution in [0.3, 0.4) is 0 Å². The van der Waals surface area contributed by atoms with Gasteiger partial charge in [0.05, 0.1) is 6.61 Å². The van der Waals surface area contributed by atoms with Crippen molar-refractivity contribution in [2.75, 3.05) is 6.61 Å². The number of ketones is 1. The first-order valence-corrected chi connectivity index (χ1v) is 16.6. The molecular weight excluding hydrogens is 464 g/mol. The third-order valence-electron chi connectivity index (χ3n) is 7.80. The van der Waals surface area contributed by atoms with Gasteiger partial charge in [0.25, 0.3) is 0 Å². The maximum absolute atomic E-state index is 11.4. The van der Waals surface area contributed by atoms with Gasteiger partial charge in [-0.05, 0) is 30.2 Å². The van der Waals surface area contributed by atoms with E-state index < -0.39 is 0 Å². The fourth-order valence-corrected chi connectivity index (χ4v) is 5.23. The van der Waals surface area contributed by atoms with Gasteiger partial charge in [-0.25, -0.2) is 0 Å². The summed E-state index contributed by atoms with van der Waals surface area (Å²) in [5.41, 5.74) is 1.01. The Labute approximate surface area is 237 Å². The SMILES string of the molecule is C=CC(=O)Cc1ccc(OCCCCCCCCCCCCCCCCCCCCCCCCCC)cc1. The van der Waals surface area contributed by atoms with Gasteiger partial charge in [-0.3, -0.25) is 4.79 Å². The van der Waals surface area contributed by atoms with Gasteiger partial charge in [0, 0.05) is 6.42 Å². The first-order valence-electron chi connectivity index (χ1n) is 16.6. The summed E-state index contributed by atoms with van der Waals surface area (Å²) in [5, 5.41) is 0. The Balaban J connectivity index is 1.73. The second kappa shape index (κ2) is 27.0. The number of benzene rings is 1. The average molecular weight is 527 g/mol. The van der Waals surface area contributed by atoms with E-state index in [0.29, 0.717) is 6.42 Å². The van der Waals surface area contributed by atoms with Crippen LogP contribution in [0.1, 0.15) is 167 Å². The van der Waals surface area contributed by atoms with Gasteiger partial charge in [0.2, 0.25) is 0 Å². The van der Waals surface area contributed by atoms with Crippen molar-refractivity contribution >= 4 is 5.78 Å². The van der Waals surface area contributed by atoms with Crippen LogP contribution in [-0.4, -0.2) is 12.4 Å². The lowest BCUT2D eigenvalue weighted by Crippen LogP contribution is -1.99. The number of hydrogen-bond acceptors (Lipinski definition) is 2. The average Bonchev–Trinajstić information content (AvgIpc) is 2.93. The van der Waals surface area contributed by atoms with Crippen LogP contribution in [0.2, 0.25) is 0 Å². The minimum Gasteiger partial charge on any atom is -0.494 e. The largest absolute Gasteiger partial charge is 0.494 e. The standard InChI is InChI=1S/C36H62O2/c1-3-5-6-7-8-9-10-11-12-13-14-15-16-17-18-19-20-21-22-23-24-25-26-27-32-38-36-30-28-34(29-31-36)33-35(37)4-2/h4,28-31H,2-3,5-27,32-33H2,1H3. The summed E-state index contributed by atoms with van der Waals surface area (Å²) in [5.74, 6) is 0.952. The van der Waals surface area contributed by atoms with Gasteiger partial charge in [0.15, 0.2) is 5.78 Å². The molecule has 0 radical (unpaired) electrons. The van der Waals surface area contributed by atoms with E-state index in [1.807, 2.05) is 24.3 Å². The Morgan fingerprint density at radius 3 is 1.26 bits per heavy atom. The van der Waals surface area contributed by atoms with E-state index in [2.05, 4.69) is 13.5 Å². The van der Waals surface area contributed by atoms with Crippen molar-refractivity contribution in [3.63, 3.8) is 0 Å². The van der Waals surface area contributed by atoms with E-state index in [1.165, 1.54) is 154 Å². The third kappa shape index (κ3) is 22.4. The van der Waals surface area contributed by atoms with E-state index in [4.69, 9.17) is 4.74 Å². The first kappa shape index (κ1) is 34.5. The molecule has 0 unspecified atom stereocenters. The molecule has 0 aliphatic carbocycles. The van der Waals surface area contributed by atoms with Crippen molar-refractivity contribution in [1.29, 1.82) is 0 Å². The van der Waals surface area contributed by atoms with Crippen LogP contribution in [0.25, 0.3) is 0 Å². The second-order valence-electron chi connectivity index (χ2n) is 11.5. The second-order valence-corrected chi connectivity index (χ2v) is 11.5. The minimum atomic E-state index is 0.0545. The summed E-state index contributed by atoms with van der Waals surface area (Å²) >= 11 is 0. The molecular formula is C36H62O2. The molecule has 1 aromatic carbocycles. The van der Waals surface area contributed by atoms with Crippen LogP contribution in [0, 0.1) is 0 Å². The Hall–Kier alpha value is -1.57. The smallest absolute Gasteiger partial charge is 0.159 e. The van der Waals surface area contributed by atoms with E-state index in [0.717, 1.165) is 24.3 Å². The number of allylic oxidation sites excluding steroid dienone is 1. The highest BCUT2D eigenvalue weighted by Crippen LogP contribution is 2.17. The van der Waals surface area contributed by atoms with E-state index in [1.54, 1.807) is 0 Å². The Morgan fingerprint density at radius 2 is 0.921 bits per heavy atom. The summed E-state index contributed by atoms with van der Waals surface area (Å²) in [6.45, 7) is 6.60. The van der Waals surface area contributed by atoms with Crippen LogP contribution in [0.4, 0.5) is 0 Å². The molecule has 38 heavy (non-hydrogen) atoms. The molecule has 0 amide bonds. The van der Waals surface area contributed by atoms with Crippen LogP contribution in [-0.2, 0) is 11.2 Å². The van der Waals surface area contributed by atoms with E-state index >= 15 is 0 Å². The Kier molecular flexibility index (Phi) is 24.5. The molecule has 1 aromatic rings. The van der Waals surface area contributed by atoms with Crippen LogP contribution < -0.4 is 4.74 Å². The van der Waals surface area contributed by atoms with Gasteiger partial charge in [-0.1, -0.05) is 173 Å². The molecule has 0 spiro atoms. The number of carbonyl (C=O) groups is 1. The molecule has 0 bridgehead atoms. The predicted octanol–water partition coefficient (Wildman–Crippen LogP) is 11.7. The zero-order valence-electron chi connectivity index (χ0n) is 25.3. The van der Waals surface area contributed by atoms with Gasteiger partial charge < -0.3 is 4.74 Å². The molecule has 218 valence electrons. The lowest BCUT2D eigenvalue weighted by Gasteiger charge is -2.07. The highest BCUT2D eigenvalue weighted by molar-refractivity contribution is 5.90. The maximum Gasteiger partial charge on any atom is 0.159 e. The molecule has 0 fully saturated rings. The van der Waals surface area contributed by atoms with Gasteiger partial charge >= 0.3 is 0 Å². The Morgan fingerprint density at radius 1 is 0.579 bits per heavy atom. The van der Waals surface area contributed by atoms with Crippen LogP contribution in [0.5, 0.6) is 5.75 Å². The molecule has 0 aromatic heterocycles. The van der Waals surface area contributed by atoms with E-state index in [9.17, 15) is 4.79 Å². The van der Waals surface area contributed by atoms with Crippen molar-refractivity contribution < 1.29 is 9.53 Å². The highest BCUT2D eigenvalue weighted by atomic mass is 16.5. The fraction of sp³-hybridized carbons (Fsp3) is 0.750. The molecule has 2 heteroatoms. The minimum absolute atomic E-state index is 0.0545. The lowest BCUT2D eigenvalue weighted by molar-refractivity contribution is -0.114. The summed E-state index contributed by atoms with van der Waals surface area (Å²) < 4.78 is 5.84. The molecule has 0 N–H and O–H groups in total. The van der Waals surface area contributed by atoms with Crippen LogP contribution >= 0.6 is 0 Å². The highest BCUT2D eigenvalue weighted by Gasteiger charge is 2.01. The normalized spacial score (nSPS) is 11.1. The number of carbonyl (C=O) groups excluding carboxylic acids is 1. The summed E-state index contributed by atoms with van der Waals surface area (Å²) in [6.07, 6.45) is 35.8. The van der Waals surface area contributed by atoms with E-state index in [-0.39, 0.29) is 5.78 Å². The van der Waals surface area contributed by atoms with Crippen molar-refractivity contribution in [3.8, 4) is 5.75 Å². The van der Waals surface area contributed by atoms with Gasteiger partial charge in [0.1, 0.15) is 5.75 Å². The Bertz CT molecular complexity index is 648. The number of unbranched alkanes of at least 4 members (excludes halogenated alkanes) is 23. The first-order chi connectivity index (χ1) is 18.8. The van der Waals surface area contributed by atoms with Crippen LogP contribution in [0.15, 0.2) is 36.9 Å². The summed E-state index contributed by atoms with van der Waals surface area (Å²) in [4.78, 5) is 11.4. The molecule has 0 saturated heterocycles. The topological polar surface area (TPSA) is 26.3 Å². The van der Waals surface area contributed by atoms with Crippen molar-refractivity contribution in [3.05, 3.63) is 42.5 Å². The van der Waals surface area contributed by atoms with Crippen molar-refractivity contribution in [1.82, 2.24) is 0 Å². The molecule has 0 heterocycles. The number of rotatable bonds is 29. The molecule has 0 aliphatic rings. The lowest BCUT2D eigenvalue weighted by atomic mass is 10.0. The molecule has 0 aliphatic heterocycles. The van der Waals surface area contributed by atoms with Gasteiger partial charge in [-0.15, -0.1) is 0 Å². The zero-order chi connectivity index (χ0) is 27.4. The maximum atomic E-state index is 11.4. The zero-order valence-corrected chi connectivity index (χ0v) is 25.3. The molecule has 0 saturated carbocycles. The summed E-state index contributed by atoms with van der Waals surface area (Å²) in [7, 11) is 0. The number of ether oxygens (including phenoxy) is 1. The van der Waals surface area contributed by atoms with Gasteiger partial charge in [-0.2, -0.15) is 0 Å².